The molecule has 8 heavy (non-hydrogen) atoms. The second-order valence-electron chi connectivity index (χ2n) is 1.20. The molecule has 0 aromatic heterocycles. The van der Waals surface area contributed by atoms with Crippen LogP contribution in [0.1, 0.15) is 13.8 Å². The Morgan fingerprint density at radius 1 is 1.62 bits per heavy atom. The van der Waals surface area contributed by atoms with Gasteiger partial charge in [-0.2, -0.15) is 0 Å². The first-order valence-electron chi connectivity index (χ1n) is 2.66. The Balaban J connectivity index is 2.92. The van der Waals surface area contributed by atoms with E-state index in [0.717, 1.165) is 6.54 Å². The van der Waals surface area contributed by atoms with E-state index in [-0.39, 0.29) is 0 Å². The van der Waals surface area contributed by atoms with Crippen LogP contribution in [0.25, 0.3) is 0 Å². The molecule has 0 amide bonds. The van der Waals surface area contributed by atoms with Crippen molar-refractivity contribution >= 4 is 8.53 Å². The van der Waals surface area contributed by atoms with Gasteiger partial charge in [0.15, 0.2) is 0 Å². The molecule has 1 atom stereocenters. The number of nitrogens with one attached hydrogen (secondary N) is 1. The van der Waals surface area contributed by atoms with E-state index in [1.54, 1.807) is 0 Å². The Labute approximate surface area is 51.0 Å². The molecule has 50 valence electrons. The third kappa shape index (κ3) is 4.47. The zero-order chi connectivity index (χ0) is 6.41. The molecule has 0 heterocycles. The number of rotatable bonds is 4. The molecule has 4 heteroatoms. The van der Waals surface area contributed by atoms with Gasteiger partial charge in [0.2, 0.25) is 0 Å². The summed E-state index contributed by atoms with van der Waals surface area (Å²) in [5, 5.41) is 2.74. The predicted molar refractivity (Wildman–Crippen MR) is 34.4 cm³/mol. The topological polar surface area (TPSA) is 41.5 Å². The van der Waals surface area contributed by atoms with E-state index < -0.39 is 8.53 Å². The standard InChI is InChI=1S/C4H12NO2P/c1-3-5-8(6)7-4-2/h5-6H,3-4H2,1-2H3/t8-/m0/s1. The van der Waals surface area contributed by atoms with Crippen LogP contribution in [0.2, 0.25) is 0 Å². The van der Waals surface area contributed by atoms with Crippen molar-refractivity contribution in [2.24, 2.45) is 0 Å². The molecule has 0 fully saturated rings. The van der Waals surface area contributed by atoms with E-state index in [0.29, 0.717) is 6.61 Å². The molecule has 0 rings (SSSR count). The highest BCUT2D eigenvalue weighted by Crippen LogP contribution is 2.23. The Morgan fingerprint density at radius 2 is 2.25 bits per heavy atom. The van der Waals surface area contributed by atoms with E-state index in [4.69, 9.17) is 9.42 Å². The van der Waals surface area contributed by atoms with Crippen molar-refractivity contribution in [1.29, 1.82) is 0 Å². The minimum Gasteiger partial charge on any atom is -0.338 e. The molecule has 3 nitrogen and oxygen atoms in total. The zero-order valence-electron chi connectivity index (χ0n) is 5.22. The zero-order valence-corrected chi connectivity index (χ0v) is 6.11. The van der Waals surface area contributed by atoms with Gasteiger partial charge in [-0.1, -0.05) is 6.92 Å². The minimum atomic E-state index is -1.33. The monoisotopic (exact) mass is 137 g/mol. The highest BCUT2D eigenvalue weighted by molar-refractivity contribution is 7.43. The van der Waals surface area contributed by atoms with Gasteiger partial charge in [-0.05, 0) is 6.92 Å². The first kappa shape index (κ1) is 8.31. The molecule has 0 saturated heterocycles. The number of hydrogen-bond donors (Lipinski definition) is 2. The summed E-state index contributed by atoms with van der Waals surface area (Å²) in [6.45, 7) is 5.09. The number of hydrogen-bond acceptors (Lipinski definition) is 3. The highest BCUT2D eigenvalue weighted by Gasteiger charge is 1.97. The van der Waals surface area contributed by atoms with E-state index in [1.807, 2.05) is 13.8 Å². The van der Waals surface area contributed by atoms with Gasteiger partial charge in [0, 0.05) is 6.54 Å². The van der Waals surface area contributed by atoms with Crippen LogP contribution in [0.3, 0.4) is 0 Å². The van der Waals surface area contributed by atoms with Gasteiger partial charge >= 0.3 is 0 Å². The van der Waals surface area contributed by atoms with Crippen LogP contribution in [0.5, 0.6) is 0 Å². The second kappa shape index (κ2) is 5.45. The lowest BCUT2D eigenvalue weighted by Gasteiger charge is -2.06. The fraction of sp³-hybridized carbons (Fsp3) is 1.00. The van der Waals surface area contributed by atoms with Crippen molar-refractivity contribution in [3.63, 3.8) is 0 Å². The summed E-state index contributed by atoms with van der Waals surface area (Å²) in [5.74, 6) is 0. The lowest BCUT2D eigenvalue weighted by Crippen LogP contribution is -2.06. The molecule has 0 unspecified atom stereocenters. The van der Waals surface area contributed by atoms with Crippen LogP contribution >= 0.6 is 8.53 Å². The molecule has 0 saturated carbocycles. The Hall–Kier alpha value is 0.310. The summed E-state index contributed by atoms with van der Waals surface area (Å²) in [6.07, 6.45) is 0. The third-order valence-electron chi connectivity index (χ3n) is 0.545. The van der Waals surface area contributed by atoms with Gasteiger partial charge in [0.25, 0.3) is 8.53 Å². The van der Waals surface area contributed by atoms with E-state index in [1.165, 1.54) is 0 Å². The molecule has 0 aliphatic rings. The summed E-state index contributed by atoms with van der Waals surface area (Å²) in [5.41, 5.74) is 0. The van der Waals surface area contributed by atoms with Gasteiger partial charge in [-0.25, -0.2) is 0 Å². The van der Waals surface area contributed by atoms with Crippen LogP contribution in [-0.4, -0.2) is 18.0 Å². The Morgan fingerprint density at radius 3 is 2.62 bits per heavy atom. The fourth-order valence-corrected chi connectivity index (χ4v) is 0.910. The van der Waals surface area contributed by atoms with Gasteiger partial charge in [-0.15, -0.1) is 0 Å². The molecule has 0 radical (unpaired) electrons. The summed E-state index contributed by atoms with van der Waals surface area (Å²) in [7, 11) is -1.33. The normalized spacial score (nSPS) is 13.9. The summed E-state index contributed by atoms with van der Waals surface area (Å²) < 4.78 is 4.79. The third-order valence-corrected chi connectivity index (χ3v) is 1.63. The molecule has 0 aliphatic heterocycles. The Bertz CT molecular complexity index is 47.3. The van der Waals surface area contributed by atoms with Crippen molar-refractivity contribution in [2.75, 3.05) is 13.2 Å². The van der Waals surface area contributed by atoms with E-state index in [2.05, 4.69) is 5.09 Å². The average Bonchev–Trinajstić information content (AvgIpc) is 1.68. The SMILES string of the molecule is CCN[P@@](O)OCC. The maximum Gasteiger partial charge on any atom is 0.252 e. The lowest BCUT2D eigenvalue weighted by molar-refractivity contribution is 0.321. The van der Waals surface area contributed by atoms with Crippen molar-refractivity contribution in [2.45, 2.75) is 13.8 Å². The van der Waals surface area contributed by atoms with Gasteiger partial charge < -0.3 is 9.42 Å². The lowest BCUT2D eigenvalue weighted by atomic mass is 10.8. The molecule has 2 N–H and O–H groups in total. The van der Waals surface area contributed by atoms with Crippen molar-refractivity contribution < 1.29 is 9.42 Å². The van der Waals surface area contributed by atoms with Crippen molar-refractivity contribution in [3.8, 4) is 0 Å². The van der Waals surface area contributed by atoms with Gasteiger partial charge in [-0.3, -0.25) is 5.09 Å². The smallest absolute Gasteiger partial charge is 0.252 e. The molecular formula is C4H12NO2P. The molecule has 0 aromatic carbocycles. The molecule has 0 aromatic rings. The van der Waals surface area contributed by atoms with Crippen LogP contribution in [0, 0.1) is 0 Å². The maximum absolute atomic E-state index is 8.78. The van der Waals surface area contributed by atoms with Crippen LogP contribution in [0.4, 0.5) is 0 Å². The molecule has 0 aliphatic carbocycles. The second-order valence-corrected chi connectivity index (χ2v) is 2.32. The molecule has 0 spiro atoms. The first-order chi connectivity index (χ1) is 3.81. The van der Waals surface area contributed by atoms with E-state index in [9.17, 15) is 0 Å². The molecule has 0 bridgehead atoms. The molecular weight excluding hydrogens is 125 g/mol. The van der Waals surface area contributed by atoms with Gasteiger partial charge in [0.05, 0.1) is 6.61 Å². The minimum absolute atomic E-state index is 0.565. The van der Waals surface area contributed by atoms with Crippen molar-refractivity contribution in [1.82, 2.24) is 5.09 Å². The highest BCUT2D eigenvalue weighted by atomic mass is 31.2. The maximum atomic E-state index is 8.78. The van der Waals surface area contributed by atoms with Crippen LogP contribution in [0.15, 0.2) is 0 Å². The average molecular weight is 137 g/mol. The van der Waals surface area contributed by atoms with Crippen LogP contribution < -0.4 is 5.09 Å². The van der Waals surface area contributed by atoms with E-state index >= 15 is 0 Å². The quantitative estimate of drug-likeness (QED) is 0.564. The largest absolute Gasteiger partial charge is 0.338 e. The van der Waals surface area contributed by atoms with Crippen molar-refractivity contribution in [3.05, 3.63) is 0 Å². The Kier molecular flexibility index (Phi) is 5.66. The summed E-state index contributed by atoms with van der Waals surface area (Å²) >= 11 is 0. The summed E-state index contributed by atoms with van der Waals surface area (Å²) in [6, 6.07) is 0. The van der Waals surface area contributed by atoms with Crippen LogP contribution in [-0.2, 0) is 4.52 Å². The fourth-order valence-electron chi connectivity index (χ4n) is 0.303. The predicted octanol–water partition coefficient (Wildman–Crippen LogP) is 0.852. The summed E-state index contributed by atoms with van der Waals surface area (Å²) in [4.78, 5) is 8.78. The first-order valence-corrected chi connectivity index (χ1v) is 3.87. The van der Waals surface area contributed by atoms with Gasteiger partial charge in [0.1, 0.15) is 0 Å².